The van der Waals surface area contributed by atoms with Gasteiger partial charge in [0.05, 0.1) is 5.41 Å². The van der Waals surface area contributed by atoms with Gasteiger partial charge >= 0.3 is 0 Å². The molecule has 0 bridgehead atoms. The molecular formula is C21H25Cl2N3O4. The van der Waals surface area contributed by atoms with Crippen molar-refractivity contribution in [1.82, 2.24) is 10.2 Å². The van der Waals surface area contributed by atoms with Crippen molar-refractivity contribution >= 4 is 46.6 Å². The molecular weight excluding hydrogens is 429 g/mol. The van der Waals surface area contributed by atoms with Crippen LogP contribution in [0.1, 0.15) is 25.7 Å². The van der Waals surface area contributed by atoms with Crippen molar-refractivity contribution in [3.05, 3.63) is 28.2 Å². The maximum atomic E-state index is 13.2. The molecule has 1 aromatic carbocycles. The largest absolute Gasteiger partial charge is 0.372 e. The van der Waals surface area contributed by atoms with E-state index in [-0.39, 0.29) is 36.5 Å². The third-order valence-corrected chi connectivity index (χ3v) is 6.89. The zero-order chi connectivity index (χ0) is 21.5. The Morgan fingerprint density at radius 2 is 1.80 bits per heavy atom. The van der Waals surface area contributed by atoms with E-state index in [4.69, 9.17) is 27.9 Å². The topological polar surface area (TPSA) is 78.9 Å². The van der Waals surface area contributed by atoms with E-state index < -0.39 is 11.5 Å². The Kier molecular flexibility index (Phi) is 5.97. The molecule has 30 heavy (non-hydrogen) atoms. The molecule has 0 aromatic heterocycles. The van der Waals surface area contributed by atoms with E-state index in [1.165, 1.54) is 7.11 Å². The highest BCUT2D eigenvalue weighted by atomic mass is 35.5. The predicted molar refractivity (Wildman–Crippen MR) is 114 cm³/mol. The first-order valence-electron chi connectivity index (χ1n) is 10.2. The Morgan fingerprint density at radius 3 is 2.30 bits per heavy atom. The molecule has 3 aliphatic rings. The highest BCUT2D eigenvalue weighted by Crippen LogP contribution is 2.53. The van der Waals surface area contributed by atoms with Crippen LogP contribution in [0.2, 0.25) is 10.0 Å². The predicted octanol–water partition coefficient (Wildman–Crippen LogP) is 2.49. The van der Waals surface area contributed by atoms with Gasteiger partial charge in [0.15, 0.2) is 0 Å². The number of benzene rings is 1. The standard InChI is InChI=1S/C21H25Cl2N3O4/c1-30-17(11-21(13-2-3-13)12-18(27)24-20(21)29)19(28)26-6-4-25(5-7-26)16-9-14(22)8-15(23)10-16/h8-10,13,17H,2-7,11-12H2,1H3,(H,24,27,29). The molecule has 162 valence electrons. The Balaban J connectivity index is 1.41. The molecule has 9 heteroatoms. The fourth-order valence-corrected chi connectivity index (χ4v) is 5.19. The average molecular weight is 454 g/mol. The number of carbonyl (C=O) groups is 3. The molecule has 7 nitrogen and oxygen atoms in total. The van der Waals surface area contributed by atoms with Gasteiger partial charge in [-0.05, 0) is 43.4 Å². The Hall–Kier alpha value is -1.83. The highest BCUT2D eigenvalue weighted by Gasteiger charge is 2.57. The third kappa shape index (κ3) is 4.15. The first-order chi connectivity index (χ1) is 14.3. The van der Waals surface area contributed by atoms with Crippen LogP contribution in [0, 0.1) is 11.3 Å². The summed E-state index contributed by atoms with van der Waals surface area (Å²) in [6, 6.07) is 5.41. The van der Waals surface area contributed by atoms with Crippen molar-refractivity contribution < 1.29 is 19.1 Å². The van der Waals surface area contributed by atoms with E-state index in [2.05, 4.69) is 10.2 Å². The number of carbonyl (C=O) groups excluding carboxylic acids is 3. The van der Waals surface area contributed by atoms with Gasteiger partial charge in [-0.2, -0.15) is 0 Å². The molecule has 1 saturated carbocycles. The number of anilines is 1. The van der Waals surface area contributed by atoms with Crippen molar-refractivity contribution in [2.75, 3.05) is 38.2 Å². The number of nitrogens with zero attached hydrogens (tertiary/aromatic N) is 2. The number of methoxy groups -OCH3 is 1. The maximum Gasteiger partial charge on any atom is 0.251 e. The number of imide groups is 1. The summed E-state index contributed by atoms with van der Waals surface area (Å²) in [6.07, 6.45) is 1.47. The van der Waals surface area contributed by atoms with Crippen molar-refractivity contribution in [2.24, 2.45) is 11.3 Å². The van der Waals surface area contributed by atoms with E-state index >= 15 is 0 Å². The molecule has 2 aliphatic heterocycles. The van der Waals surface area contributed by atoms with Gasteiger partial charge in [0.1, 0.15) is 6.10 Å². The van der Waals surface area contributed by atoms with E-state index in [9.17, 15) is 14.4 Å². The van der Waals surface area contributed by atoms with Gasteiger partial charge in [-0.15, -0.1) is 0 Å². The molecule has 1 aliphatic carbocycles. The number of piperazine rings is 1. The number of rotatable bonds is 6. The SMILES string of the molecule is COC(CC1(C2CC2)CC(=O)NC1=O)C(=O)N1CCN(c2cc(Cl)cc(Cl)c2)CC1. The maximum absolute atomic E-state index is 13.2. The number of hydrogen-bond donors (Lipinski definition) is 1. The van der Waals surface area contributed by atoms with Crippen LogP contribution >= 0.6 is 23.2 Å². The van der Waals surface area contributed by atoms with Crippen LogP contribution in [0.5, 0.6) is 0 Å². The minimum absolute atomic E-state index is 0.131. The monoisotopic (exact) mass is 453 g/mol. The highest BCUT2D eigenvalue weighted by molar-refractivity contribution is 6.35. The normalized spacial score (nSPS) is 25.4. The van der Waals surface area contributed by atoms with Gasteiger partial charge in [-0.25, -0.2) is 0 Å². The molecule has 0 spiro atoms. The molecule has 2 atom stereocenters. The number of halogens is 2. The molecule has 3 amide bonds. The lowest BCUT2D eigenvalue weighted by Gasteiger charge is -2.38. The minimum Gasteiger partial charge on any atom is -0.372 e. The second-order valence-electron chi connectivity index (χ2n) is 8.35. The number of hydrogen-bond acceptors (Lipinski definition) is 5. The Labute approximate surface area is 185 Å². The molecule has 2 heterocycles. The van der Waals surface area contributed by atoms with Crippen LogP contribution in [0.25, 0.3) is 0 Å². The molecule has 3 fully saturated rings. The van der Waals surface area contributed by atoms with E-state index in [0.717, 1.165) is 18.5 Å². The van der Waals surface area contributed by atoms with Crippen LogP contribution in [-0.4, -0.2) is 62.0 Å². The fourth-order valence-electron chi connectivity index (χ4n) is 4.67. The lowest BCUT2D eigenvalue weighted by atomic mass is 9.75. The third-order valence-electron chi connectivity index (χ3n) is 6.45. The summed E-state index contributed by atoms with van der Waals surface area (Å²) in [5.74, 6) is -0.497. The summed E-state index contributed by atoms with van der Waals surface area (Å²) in [5, 5.41) is 3.57. The van der Waals surface area contributed by atoms with Gasteiger partial charge in [-0.3, -0.25) is 19.7 Å². The molecule has 2 unspecified atom stereocenters. The second-order valence-corrected chi connectivity index (χ2v) is 9.23. The van der Waals surface area contributed by atoms with Gasteiger partial charge in [-0.1, -0.05) is 23.2 Å². The van der Waals surface area contributed by atoms with Crippen molar-refractivity contribution in [3.63, 3.8) is 0 Å². The lowest BCUT2D eigenvalue weighted by molar-refractivity contribution is -0.146. The molecule has 0 radical (unpaired) electrons. The van der Waals surface area contributed by atoms with Crippen LogP contribution in [0.4, 0.5) is 5.69 Å². The van der Waals surface area contributed by atoms with E-state index in [1.54, 1.807) is 11.0 Å². The van der Waals surface area contributed by atoms with E-state index in [1.807, 2.05) is 12.1 Å². The first-order valence-corrected chi connectivity index (χ1v) is 10.9. The first kappa shape index (κ1) is 21.4. The zero-order valence-corrected chi connectivity index (χ0v) is 18.3. The average Bonchev–Trinajstić information content (AvgIpc) is 3.51. The summed E-state index contributed by atoms with van der Waals surface area (Å²) in [4.78, 5) is 41.5. The summed E-state index contributed by atoms with van der Waals surface area (Å²) in [6.45, 7) is 2.35. The number of nitrogens with one attached hydrogen (secondary N) is 1. The Morgan fingerprint density at radius 1 is 1.17 bits per heavy atom. The van der Waals surface area contributed by atoms with Crippen LogP contribution in [-0.2, 0) is 19.1 Å². The fraction of sp³-hybridized carbons (Fsp3) is 0.571. The van der Waals surface area contributed by atoms with Crippen LogP contribution in [0.3, 0.4) is 0 Å². The van der Waals surface area contributed by atoms with Crippen molar-refractivity contribution in [2.45, 2.75) is 31.8 Å². The lowest BCUT2D eigenvalue weighted by Crippen LogP contribution is -2.53. The van der Waals surface area contributed by atoms with Crippen LogP contribution < -0.4 is 10.2 Å². The van der Waals surface area contributed by atoms with Crippen LogP contribution in [0.15, 0.2) is 18.2 Å². The molecule has 1 aromatic rings. The summed E-state index contributed by atoms with van der Waals surface area (Å²) >= 11 is 12.2. The summed E-state index contributed by atoms with van der Waals surface area (Å²) in [5.41, 5.74) is 0.115. The molecule has 2 saturated heterocycles. The van der Waals surface area contributed by atoms with Gasteiger partial charge < -0.3 is 14.5 Å². The zero-order valence-electron chi connectivity index (χ0n) is 16.8. The second kappa shape index (κ2) is 8.36. The summed E-state index contributed by atoms with van der Waals surface area (Å²) in [7, 11) is 1.49. The van der Waals surface area contributed by atoms with Crippen molar-refractivity contribution in [3.8, 4) is 0 Å². The van der Waals surface area contributed by atoms with Gasteiger partial charge in [0, 0.05) is 55.4 Å². The van der Waals surface area contributed by atoms with Gasteiger partial charge in [0.2, 0.25) is 11.8 Å². The van der Waals surface area contributed by atoms with E-state index in [0.29, 0.717) is 36.2 Å². The Bertz CT molecular complexity index is 848. The van der Waals surface area contributed by atoms with Crippen molar-refractivity contribution in [1.29, 1.82) is 0 Å². The smallest absolute Gasteiger partial charge is 0.251 e. The molecule has 4 rings (SSSR count). The number of ether oxygens (including phenoxy) is 1. The number of amides is 3. The minimum atomic E-state index is -0.813. The molecule has 1 N–H and O–H groups in total. The van der Waals surface area contributed by atoms with Gasteiger partial charge in [0.25, 0.3) is 5.91 Å². The quantitative estimate of drug-likeness (QED) is 0.669. The summed E-state index contributed by atoms with van der Waals surface area (Å²) < 4.78 is 5.53.